The Hall–Kier alpha value is -2.23. The van der Waals surface area contributed by atoms with Crippen LogP contribution in [0.4, 0.5) is 4.39 Å². The second-order valence-corrected chi connectivity index (χ2v) is 4.59. The number of nitrogens with one attached hydrogen (secondary N) is 1. The van der Waals surface area contributed by atoms with Crippen LogP contribution in [0.2, 0.25) is 0 Å². The summed E-state index contributed by atoms with van der Waals surface area (Å²) in [5, 5.41) is 2.84. The van der Waals surface area contributed by atoms with E-state index in [0.717, 1.165) is 11.1 Å². The molecule has 0 aliphatic heterocycles. The van der Waals surface area contributed by atoms with Crippen LogP contribution < -0.4 is 5.32 Å². The Morgan fingerprint density at radius 2 is 2.00 bits per heavy atom. The van der Waals surface area contributed by atoms with Crippen molar-refractivity contribution in [2.45, 2.75) is 19.3 Å². The number of halogens is 1. The fraction of sp³-hybridized carbons (Fsp3) is 0.250. The third-order valence-electron chi connectivity index (χ3n) is 2.99. The third-order valence-corrected chi connectivity index (χ3v) is 2.99. The highest BCUT2D eigenvalue weighted by Gasteiger charge is 2.02. The lowest BCUT2D eigenvalue weighted by Gasteiger charge is -2.05. The SMILES string of the molecule is O=C(CCc1cccnc1)NCCc1cccc(F)c1. The maximum absolute atomic E-state index is 13.0. The molecule has 1 aromatic heterocycles. The Labute approximate surface area is 117 Å². The molecule has 0 aliphatic carbocycles. The molecule has 0 spiro atoms. The Morgan fingerprint density at radius 1 is 1.15 bits per heavy atom. The lowest BCUT2D eigenvalue weighted by Crippen LogP contribution is -2.25. The maximum atomic E-state index is 13.0. The van der Waals surface area contributed by atoms with Crippen LogP contribution in [0.15, 0.2) is 48.8 Å². The van der Waals surface area contributed by atoms with Gasteiger partial charge in [-0.15, -0.1) is 0 Å². The Morgan fingerprint density at radius 3 is 2.75 bits per heavy atom. The van der Waals surface area contributed by atoms with Crippen LogP contribution in [0, 0.1) is 5.82 Å². The number of pyridine rings is 1. The number of aryl methyl sites for hydroxylation is 1. The standard InChI is InChI=1S/C16H17FN2O/c17-15-5-1-3-13(11-15)8-10-19-16(20)7-6-14-4-2-9-18-12-14/h1-5,9,11-12H,6-8,10H2,(H,19,20). The van der Waals surface area contributed by atoms with Crippen molar-refractivity contribution in [1.29, 1.82) is 0 Å². The molecule has 0 radical (unpaired) electrons. The van der Waals surface area contributed by atoms with E-state index >= 15 is 0 Å². The zero-order valence-electron chi connectivity index (χ0n) is 11.2. The molecule has 0 saturated carbocycles. The lowest BCUT2D eigenvalue weighted by molar-refractivity contribution is -0.121. The number of rotatable bonds is 6. The molecule has 0 aliphatic rings. The fourth-order valence-electron chi connectivity index (χ4n) is 1.93. The van der Waals surface area contributed by atoms with Gasteiger partial charge >= 0.3 is 0 Å². The van der Waals surface area contributed by atoms with E-state index < -0.39 is 0 Å². The molecule has 0 unspecified atom stereocenters. The molecular formula is C16H17FN2O. The molecule has 1 aromatic carbocycles. The molecule has 0 bridgehead atoms. The lowest BCUT2D eigenvalue weighted by atomic mass is 10.1. The number of amides is 1. The first-order valence-electron chi connectivity index (χ1n) is 6.64. The highest BCUT2D eigenvalue weighted by molar-refractivity contribution is 5.76. The molecule has 0 atom stereocenters. The van der Waals surface area contributed by atoms with E-state index in [1.165, 1.54) is 12.1 Å². The zero-order chi connectivity index (χ0) is 14.2. The Bertz CT molecular complexity index is 557. The number of carbonyl (C=O) groups is 1. The smallest absolute Gasteiger partial charge is 0.220 e. The average Bonchev–Trinajstić information content (AvgIpc) is 2.46. The Kier molecular flexibility index (Phi) is 5.24. The van der Waals surface area contributed by atoms with Gasteiger partial charge in [0.2, 0.25) is 5.91 Å². The van der Waals surface area contributed by atoms with Gasteiger partial charge < -0.3 is 5.32 Å². The molecule has 20 heavy (non-hydrogen) atoms. The normalized spacial score (nSPS) is 10.2. The van der Waals surface area contributed by atoms with Crippen LogP contribution >= 0.6 is 0 Å². The minimum atomic E-state index is -0.245. The molecule has 1 N–H and O–H groups in total. The number of nitrogens with zero attached hydrogens (tertiary/aromatic N) is 1. The molecule has 4 heteroatoms. The molecule has 0 saturated heterocycles. The van der Waals surface area contributed by atoms with Crippen LogP contribution in [0.3, 0.4) is 0 Å². The maximum Gasteiger partial charge on any atom is 0.220 e. The minimum Gasteiger partial charge on any atom is -0.356 e. The highest BCUT2D eigenvalue weighted by atomic mass is 19.1. The summed E-state index contributed by atoms with van der Waals surface area (Å²) < 4.78 is 13.0. The van der Waals surface area contributed by atoms with E-state index in [1.54, 1.807) is 18.5 Å². The first-order chi connectivity index (χ1) is 9.74. The second-order valence-electron chi connectivity index (χ2n) is 4.59. The van der Waals surface area contributed by atoms with Crippen LogP contribution in [0.5, 0.6) is 0 Å². The van der Waals surface area contributed by atoms with Crippen molar-refractivity contribution in [3.63, 3.8) is 0 Å². The number of carbonyl (C=O) groups excluding carboxylic acids is 1. The molecule has 104 valence electrons. The third kappa shape index (κ3) is 4.80. The molecule has 1 heterocycles. The van der Waals surface area contributed by atoms with Crippen molar-refractivity contribution < 1.29 is 9.18 Å². The minimum absolute atomic E-state index is 0.00487. The monoisotopic (exact) mass is 272 g/mol. The van der Waals surface area contributed by atoms with E-state index in [-0.39, 0.29) is 11.7 Å². The topological polar surface area (TPSA) is 42.0 Å². The van der Waals surface area contributed by atoms with Gasteiger partial charge in [-0.1, -0.05) is 18.2 Å². The predicted octanol–water partition coefficient (Wildman–Crippen LogP) is 2.51. The van der Waals surface area contributed by atoms with Gasteiger partial charge in [-0.3, -0.25) is 9.78 Å². The number of aromatic nitrogens is 1. The molecule has 2 aromatic rings. The van der Waals surface area contributed by atoms with Gasteiger partial charge in [-0.05, 0) is 42.2 Å². The quantitative estimate of drug-likeness (QED) is 0.878. The van der Waals surface area contributed by atoms with E-state index in [4.69, 9.17) is 0 Å². The molecule has 3 nitrogen and oxygen atoms in total. The van der Waals surface area contributed by atoms with Crippen molar-refractivity contribution in [3.8, 4) is 0 Å². The molecule has 1 amide bonds. The van der Waals surface area contributed by atoms with Gasteiger partial charge in [0.15, 0.2) is 0 Å². The average molecular weight is 272 g/mol. The van der Waals surface area contributed by atoms with Crippen LogP contribution in [-0.2, 0) is 17.6 Å². The molecule has 2 rings (SSSR count). The fourth-order valence-corrected chi connectivity index (χ4v) is 1.93. The first kappa shape index (κ1) is 14.2. The van der Waals surface area contributed by atoms with Crippen molar-refractivity contribution in [2.24, 2.45) is 0 Å². The van der Waals surface area contributed by atoms with E-state index in [9.17, 15) is 9.18 Å². The van der Waals surface area contributed by atoms with Gasteiger partial charge in [0.25, 0.3) is 0 Å². The molecule has 0 fully saturated rings. The van der Waals surface area contributed by atoms with Gasteiger partial charge in [-0.25, -0.2) is 4.39 Å². The van der Waals surface area contributed by atoms with Crippen molar-refractivity contribution >= 4 is 5.91 Å². The Balaban J connectivity index is 1.68. The van der Waals surface area contributed by atoms with Crippen molar-refractivity contribution in [2.75, 3.05) is 6.54 Å². The predicted molar refractivity (Wildman–Crippen MR) is 75.7 cm³/mol. The zero-order valence-corrected chi connectivity index (χ0v) is 11.2. The van der Waals surface area contributed by atoms with Crippen molar-refractivity contribution in [1.82, 2.24) is 10.3 Å². The summed E-state index contributed by atoms with van der Waals surface area (Å²) in [5.41, 5.74) is 1.94. The van der Waals surface area contributed by atoms with Crippen LogP contribution in [0.1, 0.15) is 17.5 Å². The van der Waals surface area contributed by atoms with Gasteiger partial charge in [-0.2, -0.15) is 0 Å². The number of benzene rings is 1. The summed E-state index contributed by atoms with van der Waals surface area (Å²) in [6.45, 7) is 0.523. The summed E-state index contributed by atoms with van der Waals surface area (Å²) in [4.78, 5) is 15.7. The number of hydrogen-bond donors (Lipinski definition) is 1. The van der Waals surface area contributed by atoms with Crippen molar-refractivity contribution in [3.05, 3.63) is 65.7 Å². The summed E-state index contributed by atoms with van der Waals surface area (Å²) >= 11 is 0. The van der Waals surface area contributed by atoms with Gasteiger partial charge in [0.05, 0.1) is 0 Å². The first-order valence-corrected chi connectivity index (χ1v) is 6.64. The second kappa shape index (κ2) is 7.38. The summed E-state index contributed by atoms with van der Waals surface area (Å²) in [6.07, 6.45) is 5.23. The molecular weight excluding hydrogens is 255 g/mol. The van der Waals surface area contributed by atoms with E-state index in [0.29, 0.717) is 25.8 Å². The largest absolute Gasteiger partial charge is 0.356 e. The van der Waals surface area contributed by atoms with Crippen LogP contribution in [-0.4, -0.2) is 17.4 Å². The summed E-state index contributed by atoms with van der Waals surface area (Å²) in [7, 11) is 0. The summed E-state index contributed by atoms with van der Waals surface area (Å²) in [5.74, 6) is -0.240. The van der Waals surface area contributed by atoms with Gasteiger partial charge in [0, 0.05) is 25.4 Å². The van der Waals surface area contributed by atoms with E-state index in [1.807, 2.05) is 18.2 Å². The number of hydrogen-bond acceptors (Lipinski definition) is 2. The highest BCUT2D eigenvalue weighted by Crippen LogP contribution is 2.04. The van der Waals surface area contributed by atoms with Gasteiger partial charge in [0.1, 0.15) is 5.82 Å². The van der Waals surface area contributed by atoms with Crippen LogP contribution in [0.25, 0.3) is 0 Å². The summed E-state index contributed by atoms with van der Waals surface area (Å²) in [6, 6.07) is 10.2. The van der Waals surface area contributed by atoms with E-state index in [2.05, 4.69) is 10.3 Å².